The molecule has 1 aliphatic heterocycles. The number of hydrogen-bond donors (Lipinski definition) is 1. The standard InChI is InChI=1S/C14H25NO4/c1-13(2,3)19-12(17)15-9-14(10-15)7-11(8-14)18-6-4-5-16/h11,16H,4-10H2,1-3H3. The summed E-state index contributed by atoms with van der Waals surface area (Å²) in [7, 11) is 0. The fraction of sp³-hybridized carbons (Fsp3) is 0.929. The monoisotopic (exact) mass is 271 g/mol. The normalized spacial score (nSPS) is 22.0. The van der Waals surface area contributed by atoms with Crippen LogP contribution in [-0.2, 0) is 9.47 Å². The molecule has 2 aliphatic rings. The van der Waals surface area contributed by atoms with Crippen molar-refractivity contribution in [1.29, 1.82) is 0 Å². The molecular formula is C14H25NO4. The van der Waals surface area contributed by atoms with E-state index in [1.54, 1.807) is 4.90 Å². The van der Waals surface area contributed by atoms with Gasteiger partial charge in [0.25, 0.3) is 0 Å². The largest absolute Gasteiger partial charge is 0.444 e. The summed E-state index contributed by atoms with van der Waals surface area (Å²) < 4.78 is 11.0. The Kier molecular flexibility index (Phi) is 4.06. The van der Waals surface area contributed by atoms with Gasteiger partial charge in [0.2, 0.25) is 0 Å². The molecule has 19 heavy (non-hydrogen) atoms. The first-order valence-electron chi connectivity index (χ1n) is 7.04. The molecular weight excluding hydrogens is 246 g/mol. The zero-order valence-electron chi connectivity index (χ0n) is 12.1. The van der Waals surface area contributed by atoms with E-state index < -0.39 is 5.60 Å². The van der Waals surface area contributed by atoms with Gasteiger partial charge >= 0.3 is 6.09 Å². The first kappa shape index (κ1) is 14.6. The van der Waals surface area contributed by atoms with Crippen LogP contribution in [-0.4, -0.2) is 54.1 Å². The van der Waals surface area contributed by atoms with E-state index >= 15 is 0 Å². The van der Waals surface area contributed by atoms with Crippen LogP contribution in [0.5, 0.6) is 0 Å². The highest BCUT2D eigenvalue weighted by Crippen LogP contribution is 2.49. The van der Waals surface area contributed by atoms with Crippen LogP contribution >= 0.6 is 0 Å². The molecule has 0 aromatic rings. The summed E-state index contributed by atoms with van der Waals surface area (Å²) in [5, 5.41) is 8.68. The van der Waals surface area contributed by atoms with E-state index in [2.05, 4.69) is 0 Å². The van der Waals surface area contributed by atoms with Gasteiger partial charge in [0.05, 0.1) is 6.10 Å². The summed E-state index contributed by atoms with van der Waals surface area (Å²) in [4.78, 5) is 13.6. The minimum absolute atomic E-state index is 0.185. The minimum Gasteiger partial charge on any atom is -0.444 e. The van der Waals surface area contributed by atoms with Gasteiger partial charge in [-0.2, -0.15) is 0 Å². The first-order chi connectivity index (χ1) is 8.84. The van der Waals surface area contributed by atoms with E-state index in [0.29, 0.717) is 19.1 Å². The van der Waals surface area contributed by atoms with E-state index in [4.69, 9.17) is 14.6 Å². The van der Waals surface area contributed by atoms with Gasteiger partial charge in [-0.1, -0.05) is 0 Å². The van der Waals surface area contributed by atoms with Gasteiger partial charge < -0.3 is 19.5 Å². The van der Waals surface area contributed by atoms with E-state index in [0.717, 1.165) is 25.9 Å². The summed E-state index contributed by atoms with van der Waals surface area (Å²) in [5.74, 6) is 0. The lowest BCUT2D eigenvalue weighted by Crippen LogP contribution is -2.65. The SMILES string of the molecule is CC(C)(C)OC(=O)N1CC2(CC(OCCCO)C2)C1. The average molecular weight is 271 g/mol. The van der Waals surface area contributed by atoms with Crippen molar-refractivity contribution in [2.24, 2.45) is 5.41 Å². The van der Waals surface area contributed by atoms with Crippen LogP contribution in [0, 0.1) is 5.41 Å². The number of hydrogen-bond acceptors (Lipinski definition) is 4. The molecule has 0 bridgehead atoms. The smallest absolute Gasteiger partial charge is 0.410 e. The molecule has 1 spiro atoms. The molecule has 2 rings (SSSR count). The number of aliphatic hydroxyl groups excluding tert-OH is 1. The summed E-state index contributed by atoms with van der Waals surface area (Å²) >= 11 is 0. The molecule has 1 heterocycles. The quantitative estimate of drug-likeness (QED) is 0.792. The van der Waals surface area contributed by atoms with Crippen LogP contribution in [0.3, 0.4) is 0 Å². The van der Waals surface area contributed by atoms with Crippen molar-refractivity contribution < 1.29 is 19.4 Å². The van der Waals surface area contributed by atoms with Crippen molar-refractivity contribution in [2.45, 2.75) is 51.7 Å². The van der Waals surface area contributed by atoms with Crippen LogP contribution in [0.25, 0.3) is 0 Å². The molecule has 1 saturated heterocycles. The fourth-order valence-corrected chi connectivity index (χ4v) is 2.82. The molecule has 0 unspecified atom stereocenters. The summed E-state index contributed by atoms with van der Waals surface area (Å²) in [6.07, 6.45) is 2.86. The highest BCUT2D eigenvalue weighted by molar-refractivity contribution is 5.69. The molecule has 1 N–H and O–H groups in total. The van der Waals surface area contributed by atoms with Gasteiger partial charge in [-0.05, 0) is 40.0 Å². The second-order valence-corrected chi connectivity index (χ2v) is 6.81. The Morgan fingerprint density at radius 2 is 2.00 bits per heavy atom. The molecule has 110 valence electrons. The molecule has 0 atom stereocenters. The number of ether oxygens (including phenoxy) is 2. The third-order valence-electron chi connectivity index (χ3n) is 3.68. The predicted octanol–water partition coefficient (Wildman–Crippen LogP) is 1.78. The van der Waals surface area contributed by atoms with Crippen LogP contribution in [0.1, 0.15) is 40.0 Å². The van der Waals surface area contributed by atoms with Gasteiger partial charge in [-0.3, -0.25) is 0 Å². The first-order valence-corrected chi connectivity index (χ1v) is 7.04. The number of carbonyl (C=O) groups is 1. The maximum Gasteiger partial charge on any atom is 0.410 e. The molecule has 0 aromatic heterocycles. The maximum absolute atomic E-state index is 11.8. The third-order valence-corrected chi connectivity index (χ3v) is 3.68. The van der Waals surface area contributed by atoms with Gasteiger partial charge in [0.1, 0.15) is 5.60 Å². The molecule has 0 radical (unpaired) electrons. The summed E-state index contributed by atoms with van der Waals surface area (Å²) in [5.41, 5.74) is -0.143. The number of aliphatic hydroxyl groups is 1. The van der Waals surface area contributed by atoms with E-state index in [1.165, 1.54) is 0 Å². The molecule has 0 aromatic carbocycles. The lowest BCUT2D eigenvalue weighted by atomic mass is 9.62. The molecule has 1 saturated carbocycles. The van der Waals surface area contributed by atoms with E-state index in [-0.39, 0.29) is 18.1 Å². The maximum atomic E-state index is 11.8. The van der Waals surface area contributed by atoms with Gasteiger partial charge in [-0.15, -0.1) is 0 Å². The predicted molar refractivity (Wildman–Crippen MR) is 70.9 cm³/mol. The van der Waals surface area contributed by atoms with Crippen molar-refractivity contribution >= 4 is 6.09 Å². The molecule has 5 heteroatoms. The highest BCUT2D eigenvalue weighted by atomic mass is 16.6. The summed E-state index contributed by atoms with van der Waals surface area (Å²) in [6.45, 7) is 8.05. The lowest BCUT2D eigenvalue weighted by Gasteiger charge is -2.58. The second-order valence-electron chi connectivity index (χ2n) is 6.81. The van der Waals surface area contributed by atoms with Gasteiger partial charge in [0, 0.05) is 31.7 Å². The lowest BCUT2D eigenvalue weighted by molar-refractivity contribution is -0.147. The second kappa shape index (κ2) is 5.29. The van der Waals surface area contributed by atoms with Crippen LogP contribution < -0.4 is 0 Å². The summed E-state index contributed by atoms with van der Waals surface area (Å²) in [6, 6.07) is 0. The fourth-order valence-electron chi connectivity index (χ4n) is 2.82. The Morgan fingerprint density at radius 1 is 1.37 bits per heavy atom. The Bertz CT molecular complexity index is 323. The molecule has 1 aliphatic carbocycles. The Hall–Kier alpha value is -0.810. The number of rotatable bonds is 4. The van der Waals surface area contributed by atoms with Crippen molar-refractivity contribution in [3.63, 3.8) is 0 Å². The number of carbonyl (C=O) groups excluding carboxylic acids is 1. The van der Waals surface area contributed by atoms with Crippen LogP contribution in [0.15, 0.2) is 0 Å². The topological polar surface area (TPSA) is 59.0 Å². The Labute approximate surface area is 114 Å². The van der Waals surface area contributed by atoms with Crippen molar-refractivity contribution in [1.82, 2.24) is 4.90 Å². The number of nitrogens with zero attached hydrogens (tertiary/aromatic N) is 1. The van der Waals surface area contributed by atoms with Gasteiger partial charge in [-0.25, -0.2) is 4.79 Å². The van der Waals surface area contributed by atoms with Crippen LogP contribution in [0.2, 0.25) is 0 Å². The number of amides is 1. The Morgan fingerprint density at radius 3 is 2.53 bits per heavy atom. The molecule has 1 amide bonds. The van der Waals surface area contributed by atoms with E-state index in [1.807, 2.05) is 20.8 Å². The van der Waals surface area contributed by atoms with Crippen molar-refractivity contribution in [2.75, 3.05) is 26.3 Å². The highest BCUT2D eigenvalue weighted by Gasteiger charge is 2.54. The molecule has 5 nitrogen and oxygen atoms in total. The minimum atomic E-state index is -0.421. The zero-order valence-corrected chi connectivity index (χ0v) is 12.1. The zero-order chi connectivity index (χ0) is 14.1. The van der Waals surface area contributed by atoms with E-state index in [9.17, 15) is 4.79 Å². The molecule has 2 fully saturated rings. The van der Waals surface area contributed by atoms with Crippen molar-refractivity contribution in [3.05, 3.63) is 0 Å². The van der Waals surface area contributed by atoms with Gasteiger partial charge in [0.15, 0.2) is 0 Å². The Balaban J connectivity index is 1.63. The number of likely N-dealkylation sites (tertiary alicyclic amines) is 1. The van der Waals surface area contributed by atoms with Crippen LogP contribution in [0.4, 0.5) is 4.79 Å². The average Bonchev–Trinajstić information content (AvgIpc) is 2.15. The third kappa shape index (κ3) is 3.60. The van der Waals surface area contributed by atoms with Crippen molar-refractivity contribution in [3.8, 4) is 0 Å².